The SMILES string of the molecule is CSc1ccc(C(C)NCC2(C3CC3)CC2)cc1. The smallest absolute Gasteiger partial charge is 0.0292 e. The Morgan fingerprint density at radius 3 is 2.44 bits per heavy atom. The van der Waals surface area contributed by atoms with Gasteiger partial charge >= 0.3 is 0 Å². The highest BCUT2D eigenvalue weighted by molar-refractivity contribution is 7.98. The predicted molar refractivity (Wildman–Crippen MR) is 79.0 cm³/mol. The van der Waals surface area contributed by atoms with Crippen LogP contribution >= 0.6 is 11.8 Å². The van der Waals surface area contributed by atoms with Gasteiger partial charge in [-0.15, -0.1) is 11.8 Å². The van der Waals surface area contributed by atoms with Crippen molar-refractivity contribution < 1.29 is 0 Å². The maximum absolute atomic E-state index is 3.75. The molecule has 1 unspecified atom stereocenters. The van der Waals surface area contributed by atoms with E-state index in [0.29, 0.717) is 11.5 Å². The predicted octanol–water partition coefficient (Wildman–Crippen LogP) is 4.25. The fourth-order valence-electron chi connectivity index (χ4n) is 2.95. The van der Waals surface area contributed by atoms with Crippen molar-refractivity contribution in [2.24, 2.45) is 11.3 Å². The summed E-state index contributed by atoms with van der Waals surface area (Å²) < 4.78 is 0. The third-order valence-electron chi connectivity index (χ3n) is 4.71. The molecule has 0 amide bonds. The Morgan fingerprint density at radius 1 is 1.28 bits per heavy atom. The molecule has 1 atom stereocenters. The van der Waals surface area contributed by atoms with Crippen LogP contribution in [0.2, 0.25) is 0 Å². The first kappa shape index (κ1) is 12.6. The Bertz CT molecular complexity index is 404. The minimum absolute atomic E-state index is 0.483. The molecule has 1 aromatic rings. The van der Waals surface area contributed by atoms with Gasteiger partial charge in [0.05, 0.1) is 0 Å². The largest absolute Gasteiger partial charge is 0.310 e. The van der Waals surface area contributed by atoms with Crippen molar-refractivity contribution in [3.63, 3.8) is 0 Å². The Labute approximate surface area is 115 Å². The number of hydrogen-bond acceptors (Lipinski definition) is 2. The Balaban J connectivity index is 1.55. The second-order valence-corrected chi connectivity index (χ2v) is 6.89. The van der Waals surface area contributed by atoms with Crippen LogP contribution in [-0.4, -0.2) is 12.8 Å². The van der Waals surface area contributed by atoms with Gasteiger partial charge < -0.3 is 5.32 Å². The first-order chi connectivity index (χ1) is 8.73. The van der Waals surface area contributed by atoms with Gasteiger partial charge in [0.1, 0.15) is 0 Å². The summed E-state index contributed by atoms with van der Waals surface area (Å²) in [7, 11) is 0. The number of hydrogen-bond donors (Lipinski definition) is 1. The van der Waals surface area contributed by atoms with Gasteiger partial charge in [-0.1, -0.05) is 12.1 Å². The molecule has 0 aliphatic heterocycles. The van der Waals surface area contributed by atoms with Crippen LogP contribution in [0, 0.1) is 11.3 Å². The van der Waals surface area contributed by atoms with E-state index in [4.69, 9.17) is 0 Å². The third kappa shape index (κ3) is 2.60. The van der Waals surface area contributed by atoms with Crippen LogP contribution in [0.1, 0.15) is 44.2 Å². The molecule has 2 aliphatic rings. The van der Waals surface area contributed by atoms with E-state index in [9.17, 15) is 0 Å². The van der Waals surface area contributed by atoms with E-state index in [-0.39, 0.29) is 0 Å². The summed E-state index contributed by atoms with van der Waals surface area (Å²) in [6, 6.07) is 9.47. The van der Waals surface area contributed by atoms with Crippen molar-refractivity contribution in [2.75, 3.05) is 12.8 Å². The van der Waals surface area contributed by atoms with Crippen LogP contribution in [0.3, 0.4) is 0 Å². The van der Waals surface area contributed by atoms with Crippen LogP contribution in [0.4, 0.5) is 0 Å². The topological polar surface area (TPSA) is 12.0 Å². The summed E-state index contributed by atoms with van der Waals surface area (Å²) in [5, 5.41) is 3.75. The van der Waals surface area contributed by atoms with Gasteiger partial charge in [-0.3, -0.25) is 0 Å². The molecule has 98 valence electrons. The van der Waals surface area contributed by atoms with E-state index in [0.717, 1.165) is 5.92 Å². The highest BCUT2D eigenvalue weighted by atomic mass is 32.2. The van der Waals surface area contributed by atoms with Crippen LogP contribution in [0.15, 0.2) is 29.2 Å². The van der Waals surface area contributed by atoms with E-state index < -0.39 is 0 Å². The normalized spacial score (nSPS) is 22.8. The zero-order valence-electron chi connectivity index (χ0n) is 11.4. The molecule has 1 N–H and O–H groups in total. The Morgan fingerprint density at radius 2 is 1.94 bits per heavy atom. The first-order valence-corrected chi connectivity index (χ1v) is 8.33. The molecule has 0 spiro atoms. The van der Waals surface area contributed by atoms with Gasteiger partial charge in [0.15, 0.2) is 0 Å². The van der Waals surface area contributed by atoms with E-state index in [1.54, 1.807) is 0 Å². The molecule has 2 heteroatoms. The molecular weight excluding hydrogens is 238 g/mol. The second-order valence-electron chi connectivity index (χ2n) is 6.01. The summed E-state index contributed by atoms with van der Waals surface area (Å²) in [5.74, 6) is 1.05. The molecule has 0 saturated heterocycles. The average Bonchev–Trinajstić information content (AvgIpc) is 3.28. The fourth-order valence-corrected chi connectivity index (χ4v) is 3.36. The zero-order valence-corrected chi connectivity index (χ0v) is 12.2. The Kier molecular flexibility index (Phi) is 3.42. The molecule has 18 heavy (non-hydrogen) atoms. The lowest BCUT2D eigenvalue weighted by molar-refractivity contribution is 0.382. The maximum atomic E-state index is 3.75. The highest BCUT2D eigenvalue weighted by Crippen LogP contribution is 2.60. The van der Waals surface area contributed by atoms with Gasteiger partial charge in [0, 0.05) is 17.5 Å². The molecule has 0 radical (unpaired) electrons. The average molecular weight is 261 g/mol. The van der Waals surface area contributed by atoms with Gasteiger partial charge in [0.2, 0.25) is 0 Å². The molecule has 2 saturated carbocycles. The molecule has 1 nitrogen and oxygen atoms in total. The van der Waals surface area contributed by atoms with Gasteiger partial charge in [-0.2, -0.15) is 0 Å². The van der Waals surface area contributed by atoms with E-state index in [2.05, 4.69) is 42.8 Å². The van der Waals surface area contributed by atoms with Crippen molar-refractivity contribution in [3.8, 4) is 0 Å². The van der Waals surface area contributed by atoms with Gasteiger partial charge in [0.25, 0.3) is 0 Å². The van der Waals surface area contributed by atoms with Crippen molar-refractivity contribution in [1.82, 2.24) is 5.32 Å². The lowest BCUT2D eigenvalue weighted by atomic mass is 9.99. The molecule has 2 fully saturated rings. The van der Waals surface area contributed by atoms with Crippen molar-refractivity contribution in [2.45, 2.75) is 43.5 Å². The maximum Gasteiger partial charge on any atom is 0.0292 e. The molecule has 1 aromatic carbocycles. The lowest BCUT2D eigenvalue weighted by Crippen LogP contribution is -2.27. The summed E-state index contributed by atoms with van der Waals surface area (Å²) in [5.41, 5.74) is 2.12. The molecule has 0 heterocycles. The quantitative estimate of drug-likeness (QED) is 0.768. The highest BCUT2D eigenvalue weighted by Gasteiger charge is 2.53. The van der Waals surface area contributed by atoms with E-state index in [1.807, 2.05) is 11.8 Å². The minimum atomic E-state index is 0.483. The van der Waals surface area contributed by atoms with Gasteiger partial charge in [-0.25, -0.2) is 0 Å². The third-order valence-corrected chi connectivity index (χ3v) is 5.46. The van der Waals surface area contributed by atoms with Crippen molar-refractivity contribution in [1.29, 1.82) is 0 Å². The molecule has 3 rings (SSSR count). The number of thioether (sulfide) groups is 1. The van der Waals surface area contributed by atoms with Crippen LogP contribution in [0.5, 0.6) is 0 Å². The number of rotatable bonds is 6. The summed E-state index contributed by atoms with van der Waals surface area (Å²) in [4.78, 5) is 1.35. The van der Waals surface area contributed by atoms with Crippen LogP contribution < -0.4 is 5.32 Å². The standard InChI is InChI=1S/C16H23NS/c1-12(13-3-7-15(18-2)8-4-13)17-11-16(9-10-16)14-5-6-14/h3-4,7-8,12,14,17H,5-6,9-11H2,1-2H3. The van der Waals surface area contributed by atoms with Crippen molar-refractivity contribution >= 4 is 11.8 Å². The summed E-state index contributed by atoms with van der Waals surface area (Å²) in [6.07, 6.45) is 8.02. The van der Waals surface area contributed by atoms with Crippen LogP contribution in [0.25, 0.3) is 0 Å². The number of benzene rings is 1. The molecule has 0 bridgehead atoms. The fraction of sp³-hybridized carbons (Fsp3) is 0.625. The van der Waals surface area contributed by atoms with Crippen LogP contribution in [-0.2, 0) is 0 Å². The van der Waals surface area contributed by atoms with E-state index >= 15 is 0 Å². The van der Waals surface area contributed by atoms with Crippen molar-refractivity contribution in [3.05, 3.63) is 29.8 Å². The molecule has 0 aromatic heterocycles. The summed E-state index contributed by atoms with van der Waals surface area (Å²) >= 11 is 1.81. The van der Waals surface area contributed by atoms with E-state index in [1.165, 1.54) is 42.7 Å². The molecule has 2 aliphatic carbocycles. The number of nitrogens with one attached hydrogen (secondary N) is 1. The summed E-state index contributed by atoms with van der Waals surface area (Å²) in [6.45, 7) is 3.51. The Hall–Kier alpha value is -0.470. The monoisotopic (exact) mass is 261 g/mol. The molecular formula is C16H23NS. The lowest BCUT2D eigenvalue weighted by Gasteiger charge is -2.20. The zero-order chi connectivity index (χ0) is 12.6. The minimum Gasteiger partial charge on any atom is -0.310 e. The van der Waals surface area contributed by atoms with Gasteiger partial charge in [-0.05, 0) is 67.9 Å². The second kappa shape index (κ2) is 4.90. The first-order valence-electron chi connectivity index (χ1n) is 7.11.